The molecule has 0 heterocycles. The number of anilines is 1. The van der Waals surface area contributed by atoms with Gasteiger partial charge in [0.2, 0.25) is 0 Å². The first-order valence-corrected chi connectivity index (χ1v) is 4.60. The number of alkyl halides is 3. The zero-order valence-corrected chi connectivity index (χ0v) is 8.43. The van der Waals surface area contributed by atoms with Crippen LogP contribution in [0.4, 0.5) is 18.9 Å². The highest BCUT2D eigenvalue weighted by atomic mass is 19.4. The highest BCUT2D eigenvalue weighted by molar-refractivity contribution is 5.51. The topological polar surface area (TPSA) is 52.0 Å². The molecule has 16 heavy (non-hydrogen) atoms. The highest BCUT2D eigenvalue weighted by Crippen LogP contribution is 2.31. The van der Waals surface area contributed by atoms with E-state index in [-0.39, 0.29) is 11.3 Å². The van der Waals surface area contributed by atoms with Crippen molar-refractivity contribution in [3.05, 3.63) is 29.3 Å². The number of nitrogens with two attached hydrogens (primary N) is 2. The number of rotatable bonds is 1. The van der Waals surface area contributed by atoms with Crippen LogP contribution in [0.2, 0.25) is 0 Å². The number of hydrogen-bond acceptors (Lipinski definition) is 2. The predicted octanol–water partition coefficient (Wildman–Crippen LogP) is 1.99. The Labute approximate surface area is 91.4 Å². The van der Waals surface area contributed by atoms with Crippen molar-refractivity contribution in [3.63, 3.8) is 0 Å². The molecule has 0 spiro atoms. The normalized spacial score (nSPS) is 10.8. The molecule has 2 nitrogen and oxygen atoms in total. The molecular weight excluding hydrogens is 217 g/mol. The molecule has 1 aromatic rings. The van der Waals surface area contributed by atoms with Crippen molar-refractivity contribution in [1.82, 2.24) is 0 Å². The smallest absolute Gasteiger partial charge is 0.399 e. The van der Waals surface area contributed by atoms with Crippen molar-refractivity contribution in [2.45, 2.75) is 12.6 Å². The molecule has 1 aromatic carbocycles. The van der Waals surface area contributed by atoms with Gasteiger partial charge in [0.1, 0.15) is 0 Å². The van der Waals surface area contributed by atoms with Gasteiger partial charge in [-0.3, -0.25) is 0 Å². The van der Waals surface area contributed by atoms with Crippen LogP contribution in [0.25, 0.3) is 0 Å². The van der Waals surface area contributed by atoms with Gasteiger partial charge in [0, 0.05) is 24.2 Å². The molecule has 0 aliphatic rings. The molecule has 0 aliphatic carbocycles. The van der Waals surface area contributed by atoms with Gasteiger partial charge in [0.25, 0.3) is 0 Å². The molecule has 0 aromatic heterocycles. The molecule has 0 amide bonds. The fourth-order valence-corrected chi connectivity index (χ4v) is 1.12. The summed E-state index contributed by atoms with van der Waals surface area (Å²) >= 11 is 0. The molecule has 0 unspecified atom stereocenters. The quantitative estimate of drug-likeness (QED) is 0.570. The summed E-state index contributed by atoms with van der Waals surface area (Å²) in [5.41, 5.74) is 10.1. The van der Waals surface area contributed by atoms with E-state index in [0.29, 0.717) is 13.0 Å². The summed E-state index contributed by atoms with van der Waals surface area (Å²) in [6.07, 6.45) is -3.96. The van der Waals surface area contributed by atoms with Gasteiger partial charge in [-0.05, 0) is 18.2 Å². The Balaban J connectivity index is 3.05. The van der Waals surface area contributed by atoms with Crippen molar-refractivity contribution >= 4 is 5.69 Å². The molecule has 0 radical (unpaired) electrons. The lowest BCUT2D eigenvalue weighted by atomic mass is 10.1. The first-order valence-electron chi connectivity index (χ1n) is 4.60. The molecule has 5 heteroatoms. The van der Waals surface area contributed by atoms with Crippen molar-refractivity contribution < 1.29 is 13.2 Å². The van der Waals surface area contributed by atoms with Crippen LogP contribution in [0.15, 0.2) is 18.2 Å². The van der Waals surface area contributed by atoms with Crippen LogP contribution in [0, 0.1) is 11.8 Å². The molecule has 1 rings (SSSR count). The Morgan fingerprint density at radius 3 is 2.44 bits per heavy atom. The molecule has 0 bridgehead atoms. The lowest BCUT2D eigenvalue weighted by molar-refractivity contribution is -0.137. The maximum absolute atomic E-state index is 12.4. The van der Waals surface area contributed by atoms with Gasteiger partial charge in [0.15, 0.2) is 0 Å². The van der Waals surface area contributed by atoms with Crippen LogP contribution in [-0.4, -0.2) is 6.54 Å². The van der Waals surface area contributed by atoms with Gasteiger partial charge in [-0.25, -0.2) is 0 Å². The van der Waals surface area contributed by atoms with E-state index in [1.54, 1.807) is 0 Å². The fourth-order valence-electron chi connectivity index (χ4n) is 1.12. The van der Waals surface area contributed by atoms with E-state index >= 15 is 0 Å². The van der Waals surface area contributed by atoms with Crippen LogP contribution in [0.1, 0.15) is 17.5 Å². The molecule has 0 aliphatic heterocycles. The molecule has 0 atom stereocenters. The second-order valence-corrected chi connectivity index (χ2v) is 3.18. The Morgan fingerprint density at radius 1 is 1.19 bits per heavy atom. The fraction of sp³-hybridized carbons (Fsp3) is 0.273. The average Bonchev–Trinajstić information content (AvgIpc) is 2.16. The van der Waals surface area contributed by atoms with E-state index in [1.807, 2.05) is 0 Å². The maximum Gasteiger partial charge on any atom is 0.416 e. The SMILES string of the molecule is NCCC#Cc1cc(N)cc(C(F)(F)F)c1. The van der Waals surface area contributed by atoms with E-state index in [4.69, 9.17) is 11.5 Å². The van der Waals surface area contributed by atoms with E-state index in [1.165, 1.54) is 6.07 Å². The van der Waals surface area contributed by atoms with Crippen LogP contribution in [-0.2, 0) is 6.18 Å². The summed E-state index contributed by atoms with van der Waals surface area (Å²) < 4.78 is 37.2. The molecule has 0 saturated heterocycles. The van der Waals surface area contributed by atoms with Gasteiger partial charge >= 0.3 is 6.18 Å². The third kappa shape index (κ3) is 3.48. The second kappa shape index (κ2) is 4.90. The molecular formula is C11H11F3N2. The van der Waals surface area contributed by atoms with Gasteiger partial charge in [-0.1, -0.05) is 11.8 Å². The summed E-state index contributed by atoms with van der Waals surface area (Å²) in [4.78, 5) is 0. The maximum atomic E-state index is 12.4. The minimum atomic E-state index is -4.40. The van der Waals surface area contributed by atoms with Crippen molar-refractivity contribution in [3.8, 4) is 11.8 Å². The van der Waals surface area contributed by atoms with E-state index in [0.717, 1.165) is 12.1 Å². The average molecular weight is 228 g/mol. The minimum absolute atomic E-state index is 0.0480. The molecule has 4 N–H and O–H groups in total. The summed E-state index contributed by atoms with van der Waals surface area (Å²) in [6, 6.07) is 3.26. The van der Waals surface area contributed by atoms with E-state index < -0.39 is 11.7 Å². The number of benzene rings is 1. The monoisotopic (exact) mass is 228 g/mol. The van der Waals surface area contributed by atoms with Crippen molar-refractivity contribution in [2.24, 2.45) is 5.73 Å². The number of halogens is 3. The first-order chi connectivity index (χ1) is 7.43. The standard InChI is InChI=1S/C11H11F3N2/c12-11(13,14)9-5-8(3-1-2-4-15)6-10(16)7-9/h5-7H,2,4,15-16H2. The van der Waals surface area contributed by atoms with Crippen molar-refractivity contribution in [1.29, 1.82) is 0 Å². The summed E-state index contributed by atoms with van der Waals surface area (Å²) in [6.45, 7) is 0.376. The predicted molar refractivity (Wildman–Crippen MR) is 56.4 cm³/mol. The molecule has 86 valence electrons. The summed E-state index contributed by atoms with van der Waals surface area (Å²) in [7, 11) is 0. The Hall–Kier alpha value is -1.67. The highest BCUT2D eigenvalue weighted by Gasteiger charge is 2.30. The van der Waals surface area contributed by atoms with Gasteiger partial charge in [-0.2, -0.15) is 13.2 Å². The summed E-state index contributed by atoms with van der Waals surface area (Å²) in [5, 5.41) is 0. The van der Waals surface area contributed by atoms with Gasteiger partial charge in [-0.15, -0.1) is 0 Å². The first kappa shape index (κ1) is 12.4. The Bertz CT molecular complexity index is 427. The number of hydrogen-bond donors (Lipinski definition) is 2. The van der Waals surface area contributed by atoms with Crippen molar-refractivity contribution in [2.75, 3.05) is 12.3 Å². The third-order valence-corrected chi connectivity index (χ3v) is 1.78. The van der Waals surface area contributed by atoms with E-state index in [9.17, 15) is 13.2 Å². The van der Waals surface area contributed by atoms with Gasteiger partial charge in [0.05, 0.1) is 5.56 Å². The minimum Gasteiger partial charge on any atom is -0.399 e. The molecule has 0 saturated carbocycles. The number of nitrogen functional groups attached to an aromatic ring is 1. The lowest BCUT2D eigenvalue weighted by Crippen LogP contribution is -2.06. The Kier molecular flexibility index (Phi) is 3.80. The largest absolute Gasteiger partial charge is 0.416 e. The summed E-state index contributed by atoms with van der Waals surface area (Å²) in [5.74, 6) is 5.25. The van der Waals surface area contributed by atoms with Crippen LogP contribution in [0.3, 0.4) is 0 Å². The zero-order valence-electron chi connectivity index (χ0n) is 8.43. The van der Waals surface area contributed by atoms with Gasteiger partial charge < -0.3 is 11.5 Å². The van der Waals surface area contributed by atoms with Crippen LogP contribution < -0.4 is 11.5 Å². The lowest BCUT2D eigenvalue weighted by Gasteiger charge is -2.07. The third-order valence-electron chi connectivity index (χ3n) is 1.78. The second-order valence-electron chi connectivity index (χ2n) is 3.18. The molecule has 0 fully saturated rings. The van der Waals surface area contributed by atoms with E-state index in [2.05, 4.69) is 11.8 Å². The Morgan fingerprint density at radius 2 is 1.88 bits per heavy atom. The zero-order chi connectivity index (χ0) is 12.2. The van der Waals surface area contributed by atoms with Crippen LogP contribution >= 0.6 is 0 Å². The van der Waals surface area contributed by atoms with Crippen LogP contribution in [0.5, 0.6) is 0 Å².